The molecule has 1 heterocycles. The number of rotatable bonds is 8. The van der Waals surface area contributed by atoms with E-state index >= 15 is 0 Å². The molecular weight excluding hydrogens is 260 g/mol. The van der Waals surface area contributed by atoms with Gasteiger partial charge in [0.05, 0.1) is 17.2 Å². The minimum atomic E-state index is -0.238. The molecule has 4 heteroatoms. The Morgan fingerprint density at radius 2 is 2.00 bits per heavy atom. The molecule has 0 radical (unpaired) electrons. The lowest BCUT2D eigenvalue weighted by Crippen LogP contribution is -2.19. The molecule has 118 valence electrons. The van der Waals surface area contributed by atoms with Gasteiger partial charge in [0, 0.05) is 24.3 Å². The van der Waals surface area contributed by atoms with Crippen molar-refractivity contribution in [3.05, 3.63) is 17.0 Å². The molecule has 0 aliphatic heterocycles. The van der Waals surface area contributed by atoms with E-state index in [1.165, 1.54) is 11.3 Å². The molecule has 0 bridgehead atoms. The fourth-order valence-corrected chi connectivity index (χ4v) is 2.42. The van der Waals surface area contributed by atoms with E-state index in [4.69, 9.17) is 5.26 Å². The maximum Gasteiger partial charge on any atom is 0.0683 e. The molecule has 0 aliphatic rings. The SMILES string of the molecule is Cc1nn(CCCC(C)(C)C#N)c(C)c1CNCC(C)C. The van der Waals surface area contributed by atoms with Crippen LogP contribution in [-0.2, 0) is 13.1 Å². The van der Waals surface area contributed by atoms with Crippen molar-refractivity contribution in [2.24, 2.45) is 11.3 Å². The molecular formula is C17H30N4. The van der Waals surface area contributed by atoms with Crippen LogP contribution in [0, 0.1) is 36.5 Å². The summed E-state index contributed by atoms with van der Waals surface area (Å²) in [6, 6.07) is 2.36. The monoisotopic (exact) mass is 290 g/mol. The first-order valence-corrected chi connectivity index (χ1v) is 7.91. The lowest BCUT2D eigenvalue weighted by Gasteiger charge is -2.14. The molecule has 0 unspecified atom stereocenters. The minimum Gasteiger partial charge on any atom is -0.312 e. The van der Waals surface area contributed by atoms with Gasteiger partial charge in [-0.2, -0.15) is 10.4 Å². The second-order valence-corrected chi connectivity index (χ2v) is 7.00. The number of hydrogen-bond acceptors (Lipinski definition) is 3. The number of nitrogens with zero attached hydrogens (tertiary/aromatic N) is 3. The molecule has 0 aliphatic carbocycles. The zero-order chi connectivity index (χ0) is 16.0. The van der Waals surface area contributed by atoms with Crippen molar-refractivity contribution < 1.29 is 0 Å². The topological polar surface area (TPSA) is 53.6 Å². The molecule has 1 aromatic rings. The molecule has 0 atom stereocenters. The zero-order valence-corrected chi connectivity index (χ0v) is 14.5. The van der Waals surface area contributed by atoms with Crippen molar-refractivity contribution in [2.75, 3.05) is 6.54 Å². The summed E-state index contributed by atoms with van der Waals surface area (Å²) in [5.74, 6) is 0.661. The first kappa shape index (κ1) is 17.7. The number of hydrogen-bond donors (Lipinski definition) is 1. The van der Waals surface area contributed by atoms with Crippen LogP contribution in [0.2, 0.25) is 0 Å². The van der Waals surface area contributed by atoms with Gasteiger partial charge in [-0.05, 0) is 53.0 Å². The summed E-state index contributed by atoms with van der Waals surface area (Å²) in [6.45, 7) is 15.4. The third kappa shape index (κ3) is 5.51. The smallest absolute Gasteiger partial charge is 0.0683 e. The van der Waals surface area contributed by atoms with Crippen LogP contribution in [0.1, 0.15) is 57.5 Å². The van der Waals surface area contributed by atoms with E-state index in [1.54, 1.807) is 0 Å². The van der Waals surface area contributed by atoms with Gasteiger partial charge in [0.15, 0.2) is 0 Å². The summed E-state index contributed by atoms with van der Waals surface area (Å²) in [4.78, 5) is 0. The molecule has 21 heavy (non-hydrogen) atoms. The number of aromatic nitrogens is 2. The van der Waals surface area contributed by atoms with Crippen LogP contribution < -0.4 is 5.32 Å². The number of aryl methyl sites for hydroxylation is 2. The van der Waals surface area contributed by atoms with E-state index in [0.717, 1.165) is 38.2 Å². The molecule has 0 saturated carbocycles. The zero-order valence-electron chi connectivity index (χ0n) is 14.5. The lowest BCUT2D eigenvalue weighted by atomic mass is 9.90. The van der Waals surface area contributed by atoms with Crippen molar-refractivity contribution in [3.8, 4) is 6.07 Å². The van der Waals surface area contributed by atoms with Gasteiger partial charge >= 0.3 is 0 Å². The standard InChI is InChI=1S/C17H30N4/c1-13(2)10-19-11-16-14(3)20-21(15(16)4)9-7-8-17(5,6)12-18/h13,19H,7-11H2,1-6H3. The maximum atomic E-state index is 9.06. The maximum absolute atomic E-state index is 9.06. The fraction of sp³-hybridized carbons (Fsp3) is 0.765. The van der Waals surface area contributed by atoms with Crippen LogP contribution in [0.25, 0.3) is 0 Å². The average Bonchev–Trinajstić information content (AvgIpc) is 2.66. The molecule has 1 aromatic heterocycles. The average molecular weight is 290 g/mol. The highest BCUT2D eigenvalue weighted by Crippen LogP contribution is 2.22. The molecule has 0 aromatic carbocycles. The van der Waals surface area contributed by atoms with Crippen LogP contribution in [-0.4, -0.2) is 16.3 Å². The highest BCUT2D eigenvalue weighted by atomic mass is 15.3. The van der Waals surface area contributed by atoms with Crippen LogP contribution in [0.15, 0.2) is 0 Å². The summed E-state index contributed by atoms with van der Waals surface area (Å²) < 4.78 is 2.09. The predicted molar refractivity (Wildman–Crippen MR) is 86.9 cm³/mol. The van der Waals surface area contributed by atoms with E-state index in [-0.39, 0.29) is 5.41 Å². The Morgan fingerprint density at radius 3 is 2.57 bits per heavy atom. The molecule has 0 amide bonds. The minimum absolute atomic E-state index is 0.238. The van der Waals surface area contributed by atoms with E-state index in [0.29, 0.717) is 5.92 Å². The Bertz CT molecular complexity index is 492. The molecule has 0 fully saturated rings. The summed E-state index contributed by atoms with van der Waals surface area (Å²) >= 11 is 0. The van der Waals surface area contributed by atoms with Crippen molar-refractivity contribution in [2.45, 2.75) is 67.5 Å². The Hall–Kier alpha value is -1.34. The van der Waals surface area contributed by atoms with Gasteiger partial charge in [-0.1, -0.05) is 13.8 Å². The predicted octanol–water partition coefficient (Wildman–Crippen LogP) is 3.58. The Morgan fingerprint density at radius 1 is 1.33 bits per heavy atom. The van der Waals surface area contributed by atoms with Crippen molar-refractivity contribution in [1.29, 1.82) is 5.26 Å². The second kappa shape index (κ2) is 7.61. The molecule has 0 saturated heterocycles. The van der Waals surface area contributed by atoms with Crippen molar-refractivity contribution in [1.82, 2.24) is 15.1 Å². The third-order valence-corrected chi connectivity index (χ3v) is 3.86. The Labute approximate surface area is 129 Å². The first-order chi connectivity index (χ1) is 9.76. The van der Waals surface area contributed by atoms with Crippen LogP contribution in [0.4, 0.5) is 0 Å². The Kier molecular flexibility index (Phi) is 6.42. The highest BCUT2D eigenvalue weighted by molar-refractivity contribution is 5.24. The van der Waals surface area contributed by atoms with Crippen molar-refractivity contribution in [3.63, 3.8) is 0 Å². The van der Waals surface area contributed by atoms with Gasteiger partial charge < -0.3 is 5.32 Å². The van der Waals surface area contributed by atoms with E-state index in [1.807, 2.05) is 13.8 Å². The van der Waals surface area contributed by atoms with Gasteiger partial charge in [-0.15, -0.1) is 0 Å². The van der Waals surface area contributed by atoms with E-state index < -0.39 is 0 Å². The lowest BCUT2D eigenvalue weighted by molar-refractivity contribution is 0.404. The normalized spacial score (nSPS) is 11.9. The largest absolute Gasteiger partial charge is 0.312 e. The van der Waals surface area contributed by atoms with E-state index in [2.05, 4.69) is 48.9 Å². The molecule has 0 spiro atoms. The van der Waals surface area contributed by atoms with Crippen LogP contribution in [0.3, 0.4) is 0 Å². The number of nitriles is 1. The van der Waals surface area contributed by atoms with Gasteiger partial charge in [0.25, 0.3) is 0 Å². The quantitative estimate of drug-likeness (QED) is 0.796. The van der Waals surface area contributed by atoms with Crippen LogP contribution in [0.5, 0.6) is 0 Å². The van der Waals surface area contributed by atoms with Gasteiger partial charge in [0.1, 0.15) is 0 Å². The van der Waals surface area contributed by atoms with Crippen molar-refractivity contribution >= 4 is 0 Å². The fourth-order valence-electron chi connectivity index (χ4n) is 2.42. The highest BCUT2D eigenvalue weighted by Gasteiger charge is 2.17. The van der Waals surface area contributed by atoms with Crippen LogP contribution >= 0.6 is 0 Å². The van der Waals surface area contributed by atoms with Gasteiger partial charge in [0.2, 0.25) is 0 Å². The molecule has 4 nitrogen and oxygen atoms in total. The third-order valence-electron chi connectivity index (χ3n) is 3.86. The molecule has 1 N–H and O–H groups in total. The second-order valence-electron chi connectivity index (χ2n) is 7.00. The van der Waals surface area contributed by atoms with Gasteiger partial charge in [-0.25, -0.2) is 0 Å². The summed E-state index contributed by atoms with van der Waals surface area (Å²) in [6.07, 6.45) is 1.89. The molecule has 1 rings (SSSR count). The number of nitrogens with one attached hydrogen (secondary N) is 1. The summed E-state index contributed by atoms with van der Waals surface area (Å²) in [7, 11) is 0. The Balaban J connectivity index is 2.59. The summed E-state index contributed by atoms with van der Waals surface area (Å²) in [5, 5.41) is 17.2. The van der Waals surface area contributed by atoms with Gasteiger partial charge in [-0.3, -0.25) is 4.68 Å². The van der Waals surface area contributed by atoms with E-state index in [9.17, 15) is 0 Å². The summed E-state index contributed by atoms with van der Waals surface area (Å²) in [5.41, 5.74) is 3.44. The first-order valence-electron chi connectivity index (χ1n) is 7.91.